The molecular formula is C43H35Cl5N8O7. The molecule has 0 fully saturated rings. The van der Waals surface area contributed by atoms with Gasteiger partial charge in [-0.25, -0.2) is 0 Å². The maximum absolute atomic E-state index is 13.4. The molecule has 4 amide bonds. The highest BCUT2D eigenvalue weighted by Gasteiger charge is 2.27. The van der Waals surface area contributed by atoms with Gasteiger partial charge < -0.3 is 26.0 Å². The summed E-state index contributed by atoms with van der Waals surface area (Å²) in [4.78, 5) is 78.0. The van der Waals surface area contributed by atoms with Crippen molar-refractivity contribution in [1.29, 1.82) is 0 Å². The van der Waals surface area contributed by atoms with E-state index in [1.807, 2.05) is 0 Å². The lowest BCUT2D eigenvalue weighted by atomic mass is 10.1. The number of amides is 4. The van der Waals surface area contributed by atoms with Crippen LogP contribution in [0.5, 0.6) is 5.75 Å². The lowest BCUT2D eigenvalue weighted by Gasteiger charge is -2.15. The zero-order chi connectivity index (χ0) is 45.6. The normalized spacial score (nSPS) is 12.0. The van der Waals surface area contributed by atoms with Crippen molar-refractivity contribution in [3.8, 4) is 5.75 Å². The van der Waals surface area contributed by atoms with Gasteiger partial charge in [-0.1, -0.05) is 71.2 Å². The molecule has 0 aromatic heterocycles. The minimum absolute atomic E-state index is 0.0113. The standard InChI is InChI=1S/C43H35Cl5N8O7/c1-23(57)38(55-53-33-13-5-11-30(36(33)47)40(59)49-27-9-3-7-25(17-27)20-44)42(61)51-29-15-16-32(35(19-29)63-22-46)52-43(62)39(24(2)58)56-54-34-14-6-12-31(37(34)48)41(60)50-28-10-4-8-26(18-28)21-45/h3-19,38-39H,20-22H2,1-2H3,(H,49,59)(H,50,60)(H,51,61)(H,52,62). The van der Waals surface area contributed by atoms with Gasteiger partial charge in [0.15, 0.2) is 17.6 Å². The van der Waals surface area contributed by atoms with Crippen LogP contribution in [0.15, 0.2) is 124 Å². The molecule has 0 aliphatic carbocycles. The molecular weight excluding hydrogens is 918 g/mol. The number of ether oxygens (including phenoxy) is 1. The molecule has 0 spiro atoms. The monoisotopic (exact) mass is 950 g/mol. The third-order valence-electron chi connectivity index (χ3n) is 8.67. The maximum Gasteiger partial charge on any atom is 0.258 e. The van der Waals surface area contributed by atoms with Crippen molar-refractivity contribution in [3.63, 3.8) is 0 Å². The Labute approximate surface area is 385 Å². The first-order chi connectivity index (χ1) is 30.2. The Morgan fingerprint density at radius 3 is 1.44 bits per heavy atom. The third kappa shape index (κ3) is 12.9. The molecule has 0 radical (unpaired) electrons. The highest BCUT2D eigenvalue weighted by atomic mass is 35.5. The fraction of sp³-hybridized carbons (Fsp3) is 0.163. The summed E-state index contributed by atoms with van der Waals surface area (Å²) in [6.07, 6.45) is 0. The molecule has 2 unspecified atom stereocenters. The van der Waals surface area contributed by atoms with E-state index in [-0.39, 0.29) is 61.4 Å². The second-order valence-corrected chi connectivity index (χ2v) is 14.8. The van der Waals surface area contributed by atoms with Crippen LogP contribution >= 0.6 is 58.0 Å². The Bertz CT molecular complexity index is 2630. The smallest absolute Gasteiger partial charge is 0.258 e. The summed E-state index contributed by atoms with van der Waals surface area (Å²) in [5, 5.41) is 26.3. The number of nitrogens with one attached hydrogen (secondary N) is 4. The molecule has 5 rings (SSSR count). The highest BCUT2D eigenvalue weighted by molar-refractivity contribution is 6.37. The number of anilines is 4. The lowest BCUT2D eigenvalue weighted by molar-refractivity contribution is -0.127. The summed E-state index contributed by atoms with van der Waals surface area (Å²) in [6, 6.07) is 23.0. The molecule has 15 nitrogen and oxygen atoms in total. The minimum atomic E-state index is -1.67. The van der Waals surface area contributed by atoms with Crippen LogP contribution in [0.1, 0.15) is 45.7 Å². The summed E-state index contributed by atoms with van der Waals surface area (Å²) < 4.78 is 5.48. The van der Waals surface area contributed by atoms with E-state index in [0.717, 1.165) is 25.0 Å². The van der Waals surface area contributed by atoms with Crippen molar-refractivity contribution in [3.05, 3.63) is 135 Å². The average Bonchev–Trinajstić information content (AvgIpc) is 3.25. The fourth-order valence-electron chi connectivity index (χ4n) is 5.58. The van der Waals surface area contributed by atoms with Gasteiger partial charge in [0.1, 0.15) is 17.1 Å². The number of rotatable bonds is 18. The Morgan fingerprint density at radius 2 is 1.00 bits per heavy atom. The molecule has 324 valence electrons. The van der Waals surface area contributed by atoms with Crippen LogP contribution in [0.2, 0.25) is 10.0 Å². The van der Waals surface area contributed by atoms with Gasteiger partial charge in [0.25, 0.3) is 23.6 Å². The second kappa shape index (κ2) is 22.7. The minimum Gasteiger partial charge on any atom is -0.476 e. The van der Waals surface area contributed by atoms with Crippen LogP contribution in [0, 0.1) is 0 Å². The Balaban J connectivity index is 1.27. The molecule has 5 aromatic carbocycles. The van der Waals surface area contributed by atoms with Crippen molar-refractivity contribution >= 4 is 127 Å². The van der Waals surface area contributed by atoms with Crippen molar-refractivity contribution in [1.82, 2.24) is 0 Å². The van der Waals surface area contributed by atoms with Gasteiger partial charge >= 0.3 is 0 Å². The van der Waals surface area contributed by atoms with Gasteiger partial charge in [0.05, 0.1) is 26.9 Å². The predicted molar refractivity (Wildman–Crippen MR) is 244 cm³/mol. The number of Topliss-reactive ketones (excluding diaryl/α,β-unsaturated/α-hetero) is 2. The predicted octanol–water partition coefficient (Wildman–Crippen LogP) is 10.9. The van der Waals surface area contributed by atoms with Crippen LogP contribution in [0.4, 0.5) is 34.1 Å². The lowest BCUT2D eigenvalue weighted by Crippen LogP contribution is -2.32. The van der Waals surface area contributed by atoms with Gasteiger partial charge in [-0.15, -0.1) is 23.2 Å². The van der Waals surface area contributed by atoms with E-state index in [0.29, 0.717) is 11.4 Å². The number of benzene rings is 5. The van der Waals surface area contributed by atoms with E-state index < -0.39 is 53.3 Å². The zero-order valence-electron chi connectivity index (χ0n) is 33.1. The molecule has 2 atom stereocenters. The first kappa shape index (κ1) is 47.8. The zero-order valence-corrected chi connectivity index (χ0v) is 36.9. The Kier molecular flexibility index (Phi) is 17.3. The molecule has 4 N–H and O–H groups in total. The molecule has 0 heterocycles. The number of ketones is 2. The fourth-order valence-corrected chi connectivity index (χ4v) is 6.53. The number of azo groups is 2. The molecule has 0 aliphatic rings. The number of hydrogen-bond acceptors (Lipinski definition) is 11. The summed E-state index contributed by atoms with van der Waals surface area (Å²) in [7, 11) is 0. The van der Waals surface area contributed by atoms with Gasteiger partial charge in [0.2, 0.25) is 12.1 Å². The number of carbonyl (C=O) groups excluding carboxylic acids is 6. The third-order valence-corrected chi connectivity index (χ3v) is 10.2. The summed E-state index contributed by atoms with van der Waals surface area (Å²) in [5.41, 5.74) is 2.85. The summed E-state index contributed by atoms with van der Waals surface area (Å²) in [5.74, 6) is -3.77. The van der Waals surface area contributed by atoms with E-state index in [1.54, 1.807) is 48.5 Å². The van der Waals surface area contributed by atoms with Gasteiger partial charge in [0, 0.05) is 34.9 Å². The van der Waals surface area contributed by atoms with Gasteiger partial charge in [-0.05, 0) is 85.6 Å². The highest BCUT2D eigenvalue weighted by Crippen LogP contribution is 2.33. The Morgan fingerprint density at radius 1 is 0.556 bits per heavy atom. The van der Waals surface area contributed by atoms with Crippen molar-refractivity contribution in [2.24, 2.45) is 20.5 Å². The van der Waals surface area contributed by atoms with Crippen LogP contribution in [0.3, 0.4) is 0 Å². The molecule has 5 aromatic rings. The molecule has 0 saturated carbocycles. The van der Waals surface area contributed by atoms with E-state index >= 15 is 0 Å². The largest absolute Gasteiger partial charge is 0.476 e. The summed E-state index contributed by atoms with van der Waals surface area (Å²) in [6.45, 7) is 2.27. The molecule has 0 saturated heterocycles. The van der Waals surface area contributed by atoms with E-state index in [2.05, 4.69) is 41.7 Å². The maximum atomic E-state index is 13.4. The second-order valence-electron chi connectivity index (χ2n) is 13.3. The SMILES string of the molecule is CC(=O)C(N=Nc1cccc(C(=O)Nc2cccc(CCl)c2)c1Cl)C(=O)Nc1ccc(NC(=O)C(N=Nc2cccc(C(=O)Nc3cccc(CCl)c3)c2Cl)C(C)=O)c(OCCl)c1. The molecule has 0 aliphatic heterocycles. The number of carbonyl (C=O) groups is 6. The number of hydrogen-bond donors (Lipinski definition) is 4. The number of halogens is 5. The van der Waals surface area contributed by atoms with Crippen LogP contribution in [-0.4, -0.2) is 53.3 Å². The van der Waals surface area contributed by atoms with Crippen LogP contribution in [0.25, 0.3) is 0 Å². The van der Waals surface area contributed by atoms with Crippen molar-refractivity contribution < 1.29 is 33.5 Å². The van der Waals surface area contributed by atoms with Gasteiger partial charge in [-0.2, -0.15) is 20.5 Å². The van der Waals surface area contributed by atoms with Crippen LogP contribution in [-0.2, 0) is 30.9 Å². The molecule has 20 heteroatoms. The molecule has 63 heavy (non-hydrogen) atoms. The van der Waals surface area contributed by atoms with Crippen molar-refractivity contribution in [2.75, 3.05) is 27.3 Å². The molecule has 0 bridgehead atoms. The number of alkyl halides is 3. The topological polar surface area (TPSA) is 209 Å². The van der Waals surface area contributed by atoms with Crippen LogP contribution < -0.4 is 26.0 Å². The summed E-state index contributed by atoms with van der Waals surface area (Å²) >= 11 is 30.7. The number of nitrogens with zero attached hydrogens (tertiary/aromatic N) is 4. The van der Waals surface area contributed by atoms with E-state index in [4.69, 9.17) is 62.7 Å². The first-order valence-electron chi connectivity index (χ1n) is 18.5. The van der Waals surface area contributed by atoms with E-state index in [9.17, 15) is 28.8 Å². The van der Waals surface area contributed by atoms with E-state index in [1.165, 1.54) is 54.6 Å². The van der Waals surface area contributed by atoms with Crippen molar-refractivity contribution in [2.45, 2.75) is 37.7 Å². The quantitative estimate of drug-likeness (QED) is 0.0379. The Hall–Kier alpha value is -6.23. The first-order valence-corrected chi connectivity index (χ1v) is 20.9. The van der Waals surface area contributed by atoms with Gasteiger partial charge in [-0.3, -0.25) is 28.8 Å². The average molecular weight is 953 g/mol.